The molecule has 15 nitrogen and oxygen atoms in total. The molecule has 0 radical (unpaired) electrons. The maximum atomic E-state index is 13.0. The molecule has 3 rings (SSSR count). The molecule has 0 aliphatic heterocycles. The Balaban J connectivity index is 1.65. The second-order valence-electron chi connectivity index (χ2n) is 10.6. The third-order valence-electron chi connectivity index (χ3n) is 6.66. The van der Waals surface area contributed by atoms with Crippen molar-refractivity contribution < 1.29 is 29.0 Å². The third kappa shape index (κ3) is 6.91. The van der Waals surface area contributed by atoms with Crippen LogP contribution >= 0.6 is 0 Å². The predicted octanol–water partition coefficient (Wildman–Crippen LogP) is 1.40. The van der Waals surface area contributed by atoms with Crippen LogP contribution in [-0.4, -0.2) is 63.2 Å². The van der Waals surface area contributed by atoms with Crippen molar-refractivity contribution >= 4 is 23.9 Å². The van der Waals surface area contributed by atoms with Gasteiger partial charge in [-0.3, -0.25) is 9.59 Å². The lowest BCUT2D eigenvalue weighted by atomic mass is 10.2. The Morgan fingerprint density at radius 3 is 1.37 bits per heavy atom. The first-order valence-corrected chi connectivity index (χ1v) is 12.8. The SMILES string of the molecule is Cc1c(C(=O)O)nc(CNC(=O)c2nc(CNC(=O)c3nc(CNC(=O)OC(C)(C)C)n(C)c3C)n(C)c2C)n1C. The Bertz CT molecular complexity index is 1510. The van der Waals surface area contributed by atoms with Crippen molar-refractivity contribution in [2.45, 2.75) is 66.8 Å². The summed E-state index contributed by atoms with van der Waals surface area (Å²) in [5, 5.41) is 17.4. The molecule has 3 aromatic heterocycles. The largest absolute Gasteiger partial charge is 0.476 e. The lowest BCUT2D eigenvalue weighted by Gasteiger charge is -2.19. The molecule has 3 aromatic rings. The molecule has 0 fully saturated rings. The highest BCUT2D eigenvalue weighted by Crippen LogP contribution is 2.14. The van der Waals surface area contributed by atoms with Gasteiger partial charge in [-0.05, 0) is 41.5 Å². The number of carboxylic acids is 1. The van der Waals surface area contributed by atoms with Gasteiger partial charge in [0.2, 0.25) is 0 Å². The minimum absolute atomic E-state index is 0.00953. The smallest absolute Gasteiger partial charge is 0.408 e. The van der Waals surface area contributed by atoms with Crippen LogP contribution in [0.5, 0.6) is 0 Å². The highest BCUT2D eigenvalue weighted by atomic mass is 16.6. The number of hydrogen-bond acceptors (Lipinski definition) is 8. The first kappa shape index (κ1) is 30.8. The third-order valence-corrected chi connectivity index (χ3v) is 6.66. The minimum Gasteiger partial charge on any atom is -0.476 e. The monoisotopic (exact) mass is 571 g/mol. The van der Waals surface area contributed by atoms with Crippen LogP contribution in [0.3, 0.4) is 0 Å². The number of aromatic carboxylic acids is 1. The molecule has 15 heteroatoms. The molecule has 3 amide bonds. The van der Waals surface area contributed by atoms with Gasteiger partial charge >= 0.3 is 12.1 Å². The Morgan fingerprint density at radius 1 is 0.683 bits per heavy atom. The fraction of sp³-hybridized carbons (Fsp3) is 0.500. The molecule has 3 heterocycles. The number of imidazole rings is 3. The Kier molecular flexibility index (Phi) is 8.89. The molecule has 41 heavy (non-hydrogen) atoms. The number of carbonyl (C=O) groups is 4. The first-order valence-electron chi connectivity index (χ1n) is 12.8. The average Bonchev–Trinajstić information content (AvgIpc) is 3.45. The molecule has 0 atom stereocenters. The molecular formula is C26H37N9O6. The summed E-state index contributed by atoms with van der Waals surface area (Å²) in [7, 11) is 5.15. The maximum absolute atomic E-state index is 13.0. The molecule has 0 saturated carbocycles. The summed E-state index contributed by atoms with van der Waals surface area (Å²) in [6.45, 7) is 10.5. The summed E-state index contributed by atoms with van der Waals surface area (Å²) in [4.78, 5) is 62.1. The molecule has 0 aliphatic carbocycles. The van der Waals surface area contributed by atoms with Crippen molar-refractivity contribution in [1.82, 2.24) is 44.6 Å². The lowest BCUT2D eigenvalue weighted by Crippen LogP contribution is -2.32. The van der Waals surface area contributed by atoms with E-state index >= 15 is 0 Å². The van der Waals surface area contributed by atoms with Crippen LogP contribution in [0.2, 0.25) is 0 Å². The van der Waals surface area contributed by atoms with Gasteiger partial charge in [0.25, 0.3) is 11.8 Å². The number of nitrogens with zero attached hydrogens (tertiary/aromatic N) is 6. The zero-order valence-electron chi connectivity index (χ0n) is 24.8. The fourth-order valence-electron chi connectivity index (χ4n) is 3.97. The van der Waals surface area contributed by atoms with Crippen molar-refractivity contribution in [2.75, 3.05) is 0 Å². The molecule has 0 aliphatic rings. The molecule has 222 valence electrons. The second kappa shape index (κ2) is 11.8. The van der Waals surface area contributed by atoms with Crippen LogP contribution in [0.15, 0.2) is 0 Å². The van der Waals surface area contributed by atoms with E-state index in [0.29, 0.717) is 34.6 Å². The quantitative estimate of drug-likeness (QED) is 0.294. The zero-order valence-corrected chi connectivity index (χ0v) is 24.8. The number of alkyl carbamates (subject to hydrolysis) is 1. The summed E-state index contributed by atoms with van der Waals surface area (Å²) < 4.78 is 10.3. The normalized spacial score (nSPS) is 11.3. The van der Waals surface area contributed by atoms with Gasteiger partial charge in [-0.2, -0.15) is 0 Å². The predicted molar refractivity (Wildman–Crippen MR) is 146 cm³/mol. The van der Waals surface area contributed by atoms with E-state index in [0.717, 1.165) is 0 Å². The van der Waals surface area contributed by atoms with Gasteiger partial charge in [0, 0.05) is 38.2 Å². The van der Waals surface area contributed by atoms with Gasteiger partial charge < -0.3 is 39.5 Å². The molecule has 0 unspecified atom stereocenters. The summed E-state index contributed by atoms with van der Waals surface area (Å²) in [5.74, 6) is -0.729. The molecular weight excluding hydrogens is 534 g/mol. The van der Waals surface area contributed by atoms with Gasteiger partial charge in [0.05, 0.1) is 19.6 Å². The topological polar surface area (TPSA) is 187 Å². The molecule has 0 bridgehead atoms. The highest BCUT2D eigenvalue weighted by molar-refractivity contribution is 5.94. The van der Waals surface area contributed by atoms with Gasteiger partial charge in [-0.15, -0.1) is 0 Å². The number of hydrogen-bond donors (Lipinski definition) is 4. The van der Waals surface area contributed by atoms with E-state index in [1.54, 1.807) is 76.4 Å². The van der Waals surface area contributed by atoms with E-state index in [1.807, 2.05) is 0 Å². The van der Waals surface area contributed by atoms with Crippen LogP contribution in [0, 0.1) is 20.8 Å². The summed E-state index contributed by atoms with van der Waals surface area (Å²) in [6.07, 6.45) is -0.589. The standard InChI is InChI=1S/C26H37N9O6/c1-13-19(22(36)28-11-17-32-21(24(38)39)15(3)35(17)9)30-16(33(13)7)10-27-23(37)20-14(2)34(8)18(31-20)12-29-25(40)41-26(4,5)6/h10-12H2,1-9H3,(H,27,37)(H,28,36)(H,29,40)(H,38,39). The molecule has 0 spiro atoms. The van der Waals surface area contributed by atoms with Gasteiger partial charge in [-0.1, -0.05) is 0 Å². The maximum Gasteiger partial charge on any atom is 0.408 e. The fourth-order valence-corrected chi connectivity index (χ4v) is 3.97. The second-order valence-corrected chi connectivity index (χ2v) is 10.6. The molecule has 0 saturated heterocycles. The Morgan fingerprint density at radius 2 is 1.02 bits per heavy atom. The van der Waals surface area contributed by atoms with E-state index in [9.17, 15) is 24.3 Å². The first-order chi connectivity index (χ1) is 19.0. The van der Waals surface area contributed by atoms with Crippen molar-refractivity contribution in [3.63, 3.8) is 0 Å². The number of carboxylic acid groups (broad SMARTS) is 1. The number of rotatable bonds is 9. The van der Waals surface area contributed by atoms with Gasteiger partial charge in [0.15, 0.2) is 5.69 Å². The summed E-state index contributed by atoms with van der Waals surface area (Å²) in [6, 6.07) is 0. The van der Waals surface area contributed by atoms with E-state index in [2.05, 4.69) is 30.9 Å². The summed E-state index contributed by atoms with van der Waals surface area (Å²) in [5.41, 5.74) is 1.32. The zero-order chi connectivity index (χ0) is 30.8. The number of aromatic nitrogens is 6. The van der Waals surface area contributed by atoms with E-state index in [-0.39, 0.29) is 36.7 Å². The van der Waals surface area contributed by atoms with Gasteiger partial charge in [0.1, 0.15) is 34.5 Å². The average molecular weight is 572 g/mol. The number of ether oxygens (including phenoxy) is 1. The van der Waals surface area contributed by atoms with Crippen LogP contribution in [0.25, 0.3) is 0 Å². The number of carbonyl (C=O) groups excluding carboxylic acids is 3. The highest BCUT2D eigenvalue weighted by Gasteiger charge is 2.23. The van der Waals surface area contributed by atoms with Crippen molar-refractivity contribution in [3.8, 4) is 0 Å². The van der Waals surface area contributed by atoms with Crippen molar-refractivity contribution in [3.05, 3.63) is 51.6 Å². The van der Waals surface area contributed by atoms with Crippen LogP contribution < -0.4 is 16.0 Å². The van der Waals surface area contributed by atoms with Gasteiger partial charge in [-0.25, -0.2) is 24.5 Å². The van der Waals surface area contributed by atoms with E-state index < -0.39 is 29.5 Å². The van der Waals surface area contributed by atoms with Crippen LogP contribution in [0.1, 0.15) is 86.8 Å². The molecule has 4 N–H and O–H groups in total. The number of nitrogens with one attached hydrogen (secondary N) is 3. The van der Waals surface area contributed by atoms with Crippen molar-refractivity contribution in [1.29, 1.82) is 0 Å². The van der Waals surface area contributed by atoms with Crippen LogP contribution in [0.4, 0.5) is 4.79 Å². The number of amides is 3. The molecule has 0 aromatic carbocycles. The summed E-state index contributed by atoms with van der Waals surface area (Å²) >= 11 is 0. The lowest BCUT2D eigenvalue weighted by molar-refractivity contribution is 0.0520. The van der Waals surface area contributed by atoms with E-state index in [1.165, 1.54) is 0 Å². The van der Waals surface area contributed by atoms with Crippen LogP contribution in [-0.2, 0) is 45.5 Å². The minimum atomic E-state index is -1.14. The van der Waals surface area contributed by atoms with Crippen molar-refractivity contribution in [2.24, 2.45) is 21.1 Å². The Hall–Kier alpha value is -4.69. The Labute approximate surface area is 237 Å². The van der Waals surface area contributed by atoms with E-state index in [4.69, 9.17) is 4.74 Å².